The summed E-state index contributed by atoms with van der Waals surface area (Å²) in [7, 11) is 0. The Morgan fingerprint density at radius 2 is 2.00 bits per heavy atom. The van der Waals surface area contributed by atoms with Gasteiger partial charge in [-0.1, -0.05) is 11.6 Å². The summed E-state index contributed by atoms with van der Waals surface area (Å²) in [5.41, 5.74) is 6.51. The normalized spacial score (nSPS) is 10.3. The average Bonchev–Trinajstić information content (AvgIpc) is 2.36. The van der Waals surface area contributed by atoms with E-state index in [0.717, 1.165) is 6.07 Å². The highest BCUT2D eigenvalue weighted by Gasteiger charge is 2.12. The van der Waals surface area contributed by atoms with E-state index in [4.69, 9.17) is 17.3 Å². The minimum Gasteiger partial charge on any atom is -0.397 e. The van der Waals surface area contributed by atoms with Gasteiger partial charge in [0.1, 0.15) is 5.82 Å². The second kappa shape index (κ2) is 5.59. The summed E-state index contributed by atoms with van der Waals surface area (Å²) in [5, 5.41) is 2.97. The van der Waals surface area contributed by atoms with Gasteiger partial charge < -0.3 is 11.1 Å². The van der Waals surface area contributed by atoms with Crippen LogP contribution < -0.4 is 11.1 Å². The minimum absolute atomic E-state index is 0.219. The fourth-order valence-corrected chi connectivity index (χ4v) is 2.10. The van der Waals surface area contributed by atoms with Gasteiger partial charge in [0, 0.05) is 9.50 Å². The second-order valence-electron chi connectivity index (χ2n) is 3.81. The lowest BCUT2D eigenvalue weighted by atomic mass is 10.2. The fraction of sp³-hybridized carbons (Fsp3) is 0. The van der Waals surface area contributed by atoms with Gasteiger partial charge in [-0.25, -0.2) is 4.39 Å². The van der Waals surface area contributed by atoms with Gasteiger partial charge in [0.15, 0.2) is 0 Å². The van der Waals surface area contributed by atoms with Crippen molar-refractivity contribution in [3.63, 3.8) is 0 Å². The van der Waals surface area contributed by atoms with Crippen LogP contribution in [0.4, 0.5) is 15.8 Å². The monoisotopic (exact) mass is 342 g/mol. The number of carbonyl (C=O) groups is 1. The van der Waals surface area contributed by atoms with E-state index in [1.54, 1.807) is 12.1 Å². The van der Waals surface area contributed by atoms with Gasteiger partial charge in [-0.2, -0.15) is 0 Å². The van der Waals surface area contributed by atoms with Crippen molar-refractivity contribution < 1.29 is 9.18 Å². The zero-order chi connectivity index (χ0) is 14.0. The standard InChI is InChI=1S/C13H9BrClFN2O/c14-10-3-1-7(15)5-9(10)13(19)18-12-6-8(16)2-4-11(12)17/h1-6H,17H2,(H,18,19). The molecule has 2 rings (SSSR count). The number of nitrogens with one attached hydrogen (secondary N) is 1. The molecule has 0 saturated carbocycles. The zero-order valence-corrected chi connectivity index (χ0v) is 11.9. The van der Waals surface area contributed by atoms with Gasteiger partial charge in [-0.15, -0.1) is 0 Å². The number of nitrogen functional groups attached to an aromatic ring is 1. The summed E-state index contributed by atoms with van der Waals surface area (Å²) in [6.45, 7) is 0. The highest BCUT2D eigenvalue weighted by Crippen LogP contribution is 2.24. The predicted molar refractivity (Wildman–Crippen MR) is 77.9 cm³/mol. The molecule has 0 heterocycles. The minimum atomic E-state index is -0.477. The number of halogens is 3. The largest absolute Gasteiger partial charge is 0.397 e. The van der Waals surface area contributed by atoms with Crippen LogP contribution in [0, 0.1) is 5.82 Å². The molecule has 0 aliphatic rings. The summed E-state index contributed by atoms with van der Waals surface area (Å²) < 4.78 is 13.7. The lowest BCUT2D eigenvalue weighted by Crippen LogP contribution is -2.14. The molecule has 0 atom stereocenters. The highest BCUT2D eigenvalue weighted by molar-refractivity contribution is 9.10. The molecule has 0 bridgehead atoms. The third-order valence-electron chi connectivity index (χ3n) is 2.44. The van der Waals surface area contributed by atoms with Crippen molar-refractivity contribution in [3.05, 3.63) is 57.3 Å². The van der Waals surface area contributed by atoms with Crippen LogP contribution in [0.15, 0.2) is 40.9 Å². The summed E-state index contributed by atoms with van der Waals surface area (Å²) in [5.74, 6) is -0.902. The Kier molecular flexibility index (Phi) is 4.07. The van der Waals surface area contributed by atoms with Crippen molar-refractivity contribution in [2.24, 2.45) is 0 Å². The first kappa shape index (κ1) is 13.8. The Labute approximate surface area is 122 Å². The van der Waals surface area contributed by atoms with Gasteiger partial charge in [-0.3, -0.25) is 4.79 Å². The van der Waals surface area contributed by atoms with Crippen molar-refractivity contribution in [3.8, 4) is 0 Å². The van der Waals surface area contributed by atoms with Crippen molar-refractivity contribution in [1.82, 2.24) is 0 Å². The third kappa shape index (κ3) is 3.24. The summed E-state index contributed by atoms with van der Waals surface area (Å²) >= 11 is 9.09. The van der Waals surface area contributed by atoms with E-state index in [0.29, 0.717) is 15.1 Å². The number of nitrogens with two attached hydrogens (primary N) is 1. The Hall–Kier alpha value is -1.59. The molecule has 0 aliphatic heterocycles. The summed E-state index contributed by atoms with van der Waals surface area (Å²) in [4.78, 5) is 12.1. The smallest absolute Gasteiger partial charge is 0.256 e. The van der Waals surface area contributed by atoms with Gasteiger partial charge in [0.2, 0.25) is 0 Å². The van der Waals surface area contributed by atoms with Gasteiger partial charge in [-0.05, 0) is 52.3 Å². The van der Waals surface area contributed by atoms with E-state index in [2.05, 4.69) is 21.2 Å². The molecule has 0 saturated heterocycles. The van der Waals surface area contributed by atoms with Crippen LogP contribution in [0.1, 0.15) is 10.4 Å². The van der Waals surface area contributed by atoms with Crippen LogP contribution in [0.2, 0.25) is 5.02 Å². The maximum absolute atomic E-state index is 13.1. The first-order chi connectivity index (χ1) is 8.97. The van der Waals surface area contributed by atoms with Crippen molar-refractivity contribution in [2.45, 2.75) is 0 Å². The molecule has 2 aromatic rings. The molecule has 2 aromatic carbocycles. The zero-order valence-electron chi connectivity index (χ0n) is 9.58. The van der Waals surface area contributed by atoms with Gasteiger partial charge in [0.05, 0.1) is 16.9 Å². The highest BCUT2D eigenvalue weighted by atomic mass is 79.9. The average molecular weight is 344 g/mol. The Morgan fingerprint density at radius 3 is 2.74 bits per heavy atom. The second-order valence-corrected chi connectivity index (χ2v) is 5.10. The maximum atomic E-state index is 13.1. The summed E-state index contributed by atoms with van der Waals surface area (Å²) in [6.07, 6.45) is 0. The van der Waals surface area contributed by atoms with Crippen molar-refractivity contribution in [2.75, 3.05) is 11.1 Å². The lowest BCUT2D eigenvalue weighted by molar-refractivity contribution is 0.102. The van der Waals surface area contributed by atoms with Crippen LogP contribution in [-0.2, 0) is 0 Å². The van der Waals surface area contributed by atoms with E-state index in [1.807, 2.05) is 0 Å². The number of benzene rings is 2. The van der Waals surface area contributed by atoms with E-state index < -0.39 is 11.7 Å². The summed E-state index contributed by atoms with van der Waals surface area (Å²) in [6, 6.07) is 8.59. The molecule has 3 N–H and O–H groups in total. The SMILES string of the molecule is Nc1ccc(F)cc1NC(=O)c1cc(Cl)ccc1Br. The Balaban J connectivity index is 2.30. The van der Waals surface area contributed by atoms with E-state index in [9.17, 15) is 9.18 Å². The first-order valence-electron chi connectivity index (χ1n) is 5.29. The molecule has 0 aliphatic carbocycles. The van der Waals surface area contributed by atoms with E-state index in [-0.39, 0.29) is 11.4 Å². The molecule has 0 aromatic heterocycles. The predicted octanol–water partition coefficient (Wildman–Crippen LogP) is 4.08. The molecule has 19 heavy (non-hydrogen) atoms. The van der Waals surface area contributed by atoms with Crippen molar-refractivity contribution in [1.29, 1.82) is 0 Å². The molecule has 0 fully saturated rings. The van der Waals surface area contributed by atoms with Crippen LogP contribution in [-0.4, -0.2) is 5.91 Å². The van der Waals surface area contributed by atoms with Crippen LogP contribution in [0.25, 0.3) is 0 Å². The topological polar surface area (TPSA) is 55.1 Å². The number of hydrogen-bond donors (Lipinski definition) is 2. The molecular formula is C13H9BrClFN2O. The number of anilines is 2. The Bertz CT molecular complexity index is 649. The van der Waals surface area contributed by atoms with Crippen LogP contribution in [0.3, 0.4) is 0 Å². The molecule has 0 radical (unpaired) electrons. The molecule has 98 valence electrons. The first-order valence-corrected chi connectivity index (χ1v) is 6.46. The number of carbonyl (C=O) groups excluding carboxylic acids is 1. The maximum Gasteiger partial charge on any atom is 0.256 e. The molecular weight excluding hydrogens is 335 g/mol. The molecule has 6 heteroatoms. The lowest BCUT2D eigenvalue weighted by Gasteiger charge is -2.09. The number of rotatable bonds is 2. The number of hydrogen-bond acceptors (Lipinski definition) is 2. The van der Waals surface area contributed by atoms with E-state index in [1.165, 1.54) is 18.2 Å². The van der Waals surface area contributed by atoms with Crippen LogP contribution in [0.5, 0.6) is 0 Å². The number of amides is 1. The van der Waals surface area contributed by atoms with E-state index >= 15 is 0 Å². The van der Waals surface area contributed by atoms with Gasteiger partial charge >= 0.3 is 0 Å². The molecule has 0 unspecified atom stereocenters. The molecule has 3 nitrogen and oxygen atoms in total. The van der Waals surface area contributed by atoms with Crippen molar-refractivity contribution >= 4 is 44.8 Å². The quantitative estimate of drug-likeness (QED) is 0.807. The van der Waals surface area contributed by atoms with Gasteiger partial charge in [0.25, 0.3) is 5.91 Å². The third-order valence-corrected chi connectivity index (χ3v) is 3.36. The Morgan fingerprint density at radius 1 is 1.26 bits per heavy atom. The molecule has 1 amide bonds. The molecule has 0 spiro atoms. The fourth-order valence-electron chi connectivity index (χ4n) is 1.50. The van der Waals surface area contributed by atoms with Crippen LogP contribution >= 0.6 is 27.5 Å².